The van der Waals surface area contributed by atoms with E-state index in [9.17, 15) is 44.1 Å². The molecule has 402 valence electrons. The van der Waals surface area contributed by atoms with E-state index in [0.717, 1.165) is 25.0 Å². The molecule has 1 aromatic heterocycles. The molecule has 10 fully saturated rings. The second-order valence-corrected chi connectivity index (χ2v) is 25.0. The lowest BCUT2D eigenvalue weighted by molar-refractivity contribution is -0.284. The summed E-state index contributed by atoms with van der Waals surface area (Å²) in [5.74, 6) is -9.02. The summed E-state index contributed by atoms with van der Waals surface area (Å²) in [7, 11) is 0. The van der Waals surface area contributed by atoms with E-state index < -0.39 is 142 Å². The third-order valence-electron chi connectivity index (χ3n) is 20.2. The first-order valence-electron chi connectivity index (χ1n) is 26.3. The Morgan fingerprint density at radius 1 is 0.945 bits per heavy atom. The third kappa shape index (κ3) is 7.45. The summed E-state index contributed by atoms with van der Waals surface area (Å²) in [4.78, 5) is 79.6. The number of nitrogens with two attached hydrogens (primary N) is 1. The molecule has 5 aliphatic heterocycles. The Labute approximate surface area is 427 Å². The van der Waals surface area contributed by atoms with Crippen molar-refractivity contribution in [3.8, 4) is 0 Å². The molecule has 5 aliphatic carbocycles. The second kappa shape index (κ2) is 17.7. The average Bonchev–Trinajstić information content (AvgIpc) is 4.03. The molecule has 22 nitrogen and oxygen atoms in total. The average molecular weight is 1040 g/mol. The van der Waals surface area contributed by atoms with E-state index in [1.165, 1.54) is 20.8 Å². The minimum Gasteiger partial charge on any atom is -0.462 e. The van der Waals surface area contributed by atoms with Gasteiger partial charge in [-0.2, -0.15) is 11.8 Å². The van der Waals surface area contributed by atoms with Crippen LogP contribution < -0.4 is 21.7 Å². The first-order chi connectivity index (χ1) is 34.5. The van der Waals surface area contributed by atoms with Crippen LogP contribution in [0.4, 0.5) is 4.79 Å². The largest absolute Gasteiger partial charge is 0.462 e. The van der Waals surface area contributed by atoms with Crippen LogP contribution in [0.1, 0.15) is 106 Å². The molecule has 6 heterocycles. The first-order valence-corrected chi connectivity index (χ1v) is 27.3. The Morgan fingerprint density at radius 3 is 2.41 bits per heavy atom. The number of aryl methyl sites for hydroxylation is 1. The number of carbonyl (C=O) groups is 6. The van der Waals surface area contributed by atoms with E-state index in [1.54, 1.807) is 17.8 Å². The Bertz CT molecular complexity index is 2450. The van der Waals surface area contributed by atoms with Gasteiger partial charge in [0.25, 0.3) is 0 Å². The van der Waals surface area contributed by atoms with E-state index in [0.29, 0.717) is 43.2 Å². The molecule has 0 aromatic carbocycles. The van der Waals surface area contributed by atoms with Crippen molar-refractivity contribution < 1.29 is 72.5 Å². The minimum atomic E-state index is -2.17. The van der Waals surface area contributed by atoms with Crippen molar-refractivity contribution in [2.75, 3.05) is 5.75 Å². The number of hydrogen-bond donors (Lipinski definition) is 7. The normalized spacial score (nSPS) is 48.9. The Hall–Kier alpha value is -4.13. The van der Waals surface area contributed by atoms with Gasteiger partial charge >= 0.3 is 29.9 Å². The summed E-state index contributed by atoms with van der Waals surface area (Å²) < 4.78 is 39.6. The molecule has 8 N–H and O–H groups in total. The van der Waals surface area contributed by atoms with E-state index in [1.807, 2.05) is 32.5 Å². The highest BCUT2D eigenvalue weighted by Crippen LogP contribution is 2.81. The number of epoxide rings is 2. The van der Waals surface area contributed by atoms with Gasteiger partial charge < -0.3 is 65.4 Å². The standard InChI is InChI=1S/C50H71N7O15S/c1-20-31-34(48(6)49(7,66)44(64)72-50(48)42(20)71-50)39(70-29(61)14-10-11-15-57-18-23(55-56-57)17-52-28(60)13-9-8-12-27-36-25(19-73-27)53-45(65)54-36)32-30-33(40(67-21(2)58)43(47(31,32)5)68-22(3)59)46(4)24(35(51)37(30)62)16-26-38(69-26)41(46)63/h18,20,24-27,30-43,62-63,66H,8-17,19,51H2,1-7H3,(H,52,60)(H2,53,54,65)/t20-,24+,25-,26-,27-,30?,31-,32+,33?,34-,35+,36-,37+,38-,39-,40-,41-,42+,43-,46-,47+,48-,49+,50-/m0/s1. The zero-order chi connectivity index (χ0) is 52.1. The Kier molecular flexibility index (Phi) is 12.4. The van der Waals surface area contributed by atoms with Gasteiger partial charge in [-0.1, -0.05) is 32.4 Å². The van der Waals surface area contributed by atoms with Crippen molar-refractivity contribution in [1.82, 2.24) is 30.9 Å². The number of fused-ring (bicyclic) bond motifs is 10. The molecule has 5 saturated carbocycles. The first kappa shape index (κ1) is 51.0. The van der Waals surface area contributed by atoms with Gasteiger partial charge in [0.05, 0.1) is 48.6 Å². The maximum absolute atomic E-state index is 14.6. The molecule has 0 bridgehead atoms. The fourth-order valence-corrected chi connectivity index (χ4v) is 18.3. The molecule has 2 unspecified atom stereocenters. The molecule has 23 heteroatoms. The minimum absolute atomic E-state index is 0.0536. The number of thioether (sulfide) groups is 1. The van der Waals surface area contributed by atoms with Crippen LogP contribution in [0.2, 0.25) is 0 Å². The van der Waals surface area contributed by atoms with Crippen molar-refractivity contribution >= 4 is 47.6 Å². The summed E-state index contributed by atoms with van der Waals surface area (Å²) in [5, 5.41) is 55.2. The number of aliphatic hydroxyl groups is 3. The number of unbranched alkanes of at least 4 members (excludes halogenated alkanes) is 2. The number of nitrogens with one attached hydrogen (secondary N) is 3. The van der Waals surface area contributed by atoms with Gasteiger partial charge in [0, 0.05) is 84.8 Å². The van der Waals surface area contributed by atoms with Crippen LogP contribution in [0.5, 0.6) is 0 Å². The van der Waals surface area contributed by atoms with E-state index >= 15 is 0 Å². The Balaban J connectivity index is 0.822. The summed E-state index contributed by atoms with van der Waals surface area (Å²) in [6, 6.07) is -0.717. The highest BCUT2D eigenvalue weighted by atomic mass is 32.2. The molecule has 3 amide bonds. The quantitative estimate of drug-likeness (QED) is 0.0416. The summed E-state index contributed by atoms with van der Waals surface area (Å²) >= 11 is 1.85. The maximum Gasteiger partial charge on any atom is 0.341 e. The summed E-state index contributed by atoms with van der Waals surface area (Å²) in [6.07, 6.45) is -1.76. The van der Waals surface area contributed by atoms with E-state index in [4.69, 9.17) is 34.2 Å². The number of nitrogens with zero attached hydrogens (tertiary/aromatic N) is 3. The fourth-order valence-electron chi connectivity index (χ4n) is 16.8. The van der Waals surface area contributed by atoms with Crippen molar-refractivity contribution in [3.05, 3.63) is 11.9 Å². The molecule has 73 heavy (non-hydrogen) atoms. The van der Waals surface area contributed by atoms with Crippen LogP contribution in [0.3, 0.4) is 0 Å². The number of ether oxygens (including phenoxy) is 6. The molecular weight excluding hydrogens is 971 g/mol. The molecule has 0 radical (unpaired) electrons. The van der Waals surface area contributed by atoms with Gasteiger partial charge in [-0.3, -0.25) is 23.9 Å². The number of aromatic nitrogens is 3. The number of hydrogen-bond acceptors (Lipinski definition) is 19. The van der Waals surface area contributed by atoms with Gasteiger partial charge in [0.1, 0.15) is 36.2 Å². The predicted molar refractivity (Wildman–Crippen MR) is 253 cm³/mol. The lowest BCUT2D eigenvalue weighted by Crippen LogP contribution is -2.76. The lowest BCUT2D eigenvalue weighted by atomic mass is 9.40. The van der Waals surface area contributed by atoms with Crippen LogP contribution in [0.25, 0.3) is 0 Å². The molecule has 1 spiro atoms. The monoisotopic (exact) mass is 1040 g/mol. The van der Waals surface area contributed by atoms with E-state index in [2.05, 4.69) is 26.3 Å². The summed E-state index contributed by atoms with van der Waals surface area (Å²) in [6.45, 7) is 11.9. The number of rotatable bonds is 15. The lowest BCUT2D eigenvalue weighted by Gasteiger charge is -2.67. The number of esters is 4. The molecule has 1 aromatic rings. The topological polar surface area (TPSA) is 318 Å². The van der Waals surface area contributed by atoms with Crippen molar-refractivity contribution in [2.45, 2.75) is 197 Å². The summed E-state index contributed by atoms with van der Waals surface area (Å²) in [5.41, 5.74) is 1.46. The predicted octanol–water partition coefficient (Wildman–Crippen LogP) is 0.595. The Morgan fingerprint density at radius 2 is 1.67 bits per heavy atom. The van der Waals surface area contributed by atoms with Crippen molar-refractivity contribution in [3.63, 3.8) is 0 Å². The van der Waals surface area contributed by atoms with Crippen molar-refractivity contribution in [2.24, 2.45) is 63.4 Å². The van der Waals surface area contributed by atoms with Crippen molar-refractivity contribution in [1.29, 1.82) is 0 Å². The van der Waals surface area contributed by atoms with Crippen LogP contribution in [0.15, 0.2) is 6.20 Å². The fraction of sp³-hybridized carbons (Fsp3) is 0.840. The highest BCUT2D eigenvalue weighted by molar-refractivity contribution is 8.00. The van der Waals surface area contributed by atoms with Crippen LogP contribution >= 0.6 is 11.8 Å². The zero-order valence-electron chi connectivity index (χ0n) is 42.4. The van der Waals surface area contributed by atoms with Gasteiger partial charge in [-0.15, -0.1) is 5.10 Å². The van der Waals surface area contributed by atoms with Crippen LogP contribution in [-0.2, 0) is 65.5 Å². The molecular formula is C50H71N7O15S. The highest BCUT2D eigenvalue weighted by Gasteiger charge is 2.93. The molecule has 24 atom stereocenters. The van der Waals surface area contributed by atoms with E-state index in [-0.39, 0.29) is 43.1 Å². The molecule has 5 saturated heterocycles. The molecule has 11 rings (SSSR count). The van der Waals surface area contributed by atoms with Crippen LogP contribution in [-0.4, -0.2) is 155 Å². The number of aliphatic hydroxyl groups excluding tert-OH is 2. The third-order valence-corrected chi connectivity index (χ3v) is 21.7. The van der Waals surface area contributed by atoms with Gasteiger partial charge in [-0.05, 0) is 63.7 Å². The molecule has 10 aliphatic rings. The zero-order valence-corrected chi connectivity index (χ0v) is 43.2. The maximum atomic E-state index is 14.6. The number of carbonyl (C=O) groups excluding carboxylic acids is 6. The number of amides is 3. The van der Waals surface area contributed by atoms with Gasteiger partial charge in [0.15, 0.2) is 5.60 Å². The van der Waals surface area contributed by atoms with Gasteiger partial charge in [-0.25, -0.2) is 9.59 Å². The second-order valence-electron chi connectivity index (χ2n) is 23.8. The van der Waals surface area contributed by atoms with Gasteiger partial charge in [0.2, 0.25) is 11.7 Å². The number of urea groups is 1. The smallest absolute Gasteiger partial charge is 0.341 e. The SMILES string of the molecule is CC(=O)O[C@H]1C2C([C@@H](O)[C@H](N)[C@H]3C[C@@H]4O[C@@H]4[C@H](O)[C@]23C)[C@@H]2[C@H](OC(=O)CCCCn3cc(CNC(=O)CCCC[C@@H]4SC[C@@H]5NC(=O)N[C@@H]54)nn3)[C@@H]3[C@H]([C@H](C)[C@H]4O[C@]45OC(=O)[C@@](C)(O)[C@]35C)[C@@]2(C)[C@H]1OC(C)=O. The van der Waals surface area contributed by atoms with Crippen LogP contribution in [0, 0.1) is 57.7 Å².